The third-order valence-electron chi connectivity index (χ3n) is 2.66. The van der Waals surface area contributed by atoms with Crippen molar-refractivity contribution in [1.82, 2.24) is 15.1 Å². The van der Waals surface area contributed by atoms with E-state index in [-0.39, 0.29) is 5.97 Å². The van der Waals surface area contributed by atoms with Crippen molar-refractivity contribution >= 4 is 33.2 Å². The lowest BCUT2D eigenvalue weighted by Gasteiger charge is -2.13. The van der Waals surface area contributed by atoms with E-state index in [1.165, 1.54) is 11.3 Å². The molecule has 0 bridgehead atoms. The van der Waals surface area contributed by atoms with Gasteiger partial charge in [0.05, 0.1) is 28.2 Å². The Morgan fingerprint density at radius 3 is 2.95 bits per heavy atom. The van der Waals surface area contributed by atoms with Crippen LogP contribution in [0.2, 0.25) is 0 Å². The number of rotatable bonds is 7. The molecule has 6 nitrogen and oxygen atoms in total. The summed E-state index contributed by atoms with van der Waals surface area (Å²) in [6.07, 6.45) is 0.350. The first-order chi connectivity index (χ1) is 10.1. The standard InChI is InChI=1S/C13H16BrN3O3S/c1-3-19-12(18)6-7-17(2)8-11-15-16-13(20-11)9-4-5-10(14)21-9/h4-5H,3,6-8H2,1-2H3. The van der Waals surface area contributed by atoms with Gasteiger partial charge >= 0.3 is 5.97 Å². The van der Waals surface area contributed by atoms with Gasteiger partial charge in [-0.2, -0.15) is 0 Å². The number of esters is 1. The molecule has 2 heterocycles. The largest absolute Gasteiger partial charge is 0.466 e. The number of hydrogen-bond donors (Lipinski definition) is 0. The molecule has 0 aromatic carbocycles. The molecule has 0 saturated carbocycles. The fourth-order valence-corrected chi connectivity index (χ4v) is 2.98. The summed E-state index contributed by atoms with van der Waals surface area (Å²) >= 11 is 4.94. The van der Waals surface area contributed by atoms with E-state index in [1.807, 2.05) is 24.1 Å². The Labute approximate surface area is 135 Å². The molecule has 0 aliphatic carbocycles. The van der Waals surface area contributed by atoms with E-state index in [9.17, 15) is 4.79 Å². The van der Waals surface area contributed by atoms with Gasteiger partial charge in [-0.05, 0) is 42.0 Å². The Kier molecular flexibility index (Phi) is 5.89. The highest BCUT2D eigenvalue weighted by Gasteiger charge is 2.13. The summed E-state index contributed by atoms with van der Waals surface area (Å²) in [4.78, 5) is 14.2. The zero-order valence-electron chi connectivity index (χ0n) is 11.8. The quantitative estimate of drug-likeness (QED) is 0.695. The lowest BCUT2D eigenvalue weighted by atomic mass is 10.4. The number of ether oxygens (including phenoxy) is 1. The number of aromatic nitrogens is 2. The van der Waals surface area contributed by atoms with Crippen LogP contribution in [0.15, 0.2) is 20.3 Å². The van der Waals surface area contributed by atoms with Crippen LogP contribution >= 0.6 is 27.3 Å². The third kappa shape index (κ3) is 4.90. The van der Waals surface area contributed by atoms with E-state index in [0.717, 1.165) is 8.66 Å². The molecule has 21 heavy (non-hydrogen) atoms. The summed E-state index contributed by atoms with van der Waals surface area (Å²) in [6.45, 7) is 3.29. The van der Waals surface area contributed by atoms with Gasteiger partial charge in [-0.25, -0.2) is 0 Å². The van der Waals surface area contributed by atoms with Gasteiger partial charge in [0, 0.05) is 6.54 Å². The third-order valence-corrected chi connectivity index (χ3v) is 4.27. The van der Waals surface area contributed by atoms with E-state index in [0.29, 0.717) is 37.9 Å². The zero-order valence-corrected chi connectivity index (χ0v) is 14.2. The van der Waals surface area contributed by atoms with E-state index in [1.54, 1.807) is 6.92 Å². The molecule has 0 N–H and O–H groups in total. The van der Waals surface area contributed by atoms with Gasteiger partial charge in [0.1, 0.15) is 0 Å². The van der Waals surface area contributed by atoms with Gasteiger partial charge in [0.15, 0.2) is 0 Å². The summed E-state index contributed by atoms with van der Waals surface area (Å²) in [5.74, 6) is 0.847. The average molecular weight is 374 g/mol. The van der Waals surface area contributed by atoms with E-state index in [2.05, 4.69) is 26.1 Å². The van der Waals surface area contributed by atoms with Crippen LogP contribution in [0.1, 0.15) is 19.2 Å². The van der Waals surface area contributed by atoms with Crippen LogP contribution in [0.3, 0.4) is 0 Å². The van der Waals surface area contributed by atoms with Crippen LogP contribution in [-0.2, 0) is 16.1 Å². The Hall–Kier alpha value is -1.25. The number of halogens is 1. The average Bonchev–Trinajstić information content (AvgIpc) is 3.06. The summed E-state index contributed by atoms with van der Waals surface area (Å²) in [5, 5.41) is 8.05. The summed E-state index contributed by atoms with van der Waals surface area (Å²) in [5.41, 5.74) is 0. The Bertz CT molecular complexity index is 599. The first-order valence-corrected chi connectivity index (χ1v) is 8.11. The fourth-order valence-electron chi connectivity index (χ4n) is 1.67. The van der Waals surface area contributed by atoms with E-state index in [4.69, 9.17) is 9.15 Å². The van der Waals surface area contributed by atoms with Crippen LogP contribution in [0.5, 0.6) is 0 Å². The highest BCUT2D eigenvalue weighted by molar-refractivity contribution is 9.11. The van der Waals surface area contributed by atoms with Crippen molar-refractivity contribution < 1.29 is 13.9 Å². The van der Waals surface area contributed by atoms with Crippen molar-refractivity contribution in [3.8, 4) is 10.8 Å². The van der Waals surface area contributed by atoms with Gasteiger partial charge < -0.3 is 9.15 Å². The van der Waals surface area contributed by atoms with Crippen molar-refractivity contribution in [2.24, 2.45) is 0 Å². The highest BCUT2D eigenvalue weighted by Crippen LogP contribution is 2.30. The first-order valence-electron chi connectivity index (χ1n) is 6.50. The molecule has 8 heteroatoms. The molecule has 0 spiro atoms. The van der Waals surface area contributed by atoms with Crippen molar-refractivity contribution in [2.75, 3.05) is 20.2 Å². The minimum atomic E-state index is -0.195. The molecular formula is C13H16BrN3O3S. The van der Waals surface area contributed by atoms with Crippen LogP contribution < -0.4 is 0 Å². The molecule has 0 aliphatic rings. The zero-order chi connectivity index (χ0) is 15.2. The molecule has 0 radical (unpaired) electrons. The maximum absolute atomic E-state index is 11.3. The van der Waals surface area contributed by atoms with E-state index >= 15 is 0 Å². The predicted molar refractivity (Wildman–Crippen MR) is 82.9 cm³/mol. The highest BCUT2D eigenvalue weighted by atomic mass is 79.9. The molecule has 2 rings (SSSR count). The van der Waals surface area contributed by atoms with Gasteiger partial charge in [-0.1, -0.05) is 0 Å². The van der Waals surface area contributed by atoms with Crippen molar-refractivity contribution in [2.45, 2.75) is 19.9 Å². The second kappa shape index (κ2) is 7.67. The lowest BCUT2D eigenvalue weighted by molar-refractivity contribution is -0.143. The maximum atomic E-state index is 11.3. The molecule has 114 valence electrons. The molecule has 0 atom stereocenters. The van der Waals surface area contributed by atoms with Gasteiger partial charge in [0.25, 0.3) is 5.89 Å². The number of nitrogens with zero attached hydrogens (tertiary/aromatic N) is 3. The molecular weight excluding hydrogens is 358 g/mol. The van der Waals surface area contributed by atoms with Crippen LogP contribution in [0.4, 0.5) is 0 Å². The molecule has 0 unspecified atom stereocenters. The predicted octanol–water partition coefficient (Wildman–Crippen LogP) is 2.95. The molecule has 0 saturated heterocycles. The van der Waals surface area contributed by atoms with Crippen LogP contribution in [0.25, 0.3) is 10.8 Å². The number of thiophene rings is 1. The fraction of sp³-hybridized carbons (Fsp3) is 0.462. The van der Waals surface area contributed by atoms with Gasteiger partial charge in [-0.15, -0.1) is 21.5 Å². The number of hydrogen-bond acceptors (Lipinski definition) is 7. The normalized spacial score (nSPS) is 11.0. The molecule has 2 aromatic heterocycles. The van der Waals surface area contributed by atoms with Gasteiger partial charge in [-0.3, -0.25) is 9.69 Å². The van der Waals surface area contributed by atoms with Gasteiger partial charge in [0.2, 0.25) is 5.89 Å². The SMILES string of the molecule is CCOC(=O)CCN(C)Cc1nnc(-c2ccc(Br)s2)o1. The van der Waals surface area contributed by atoms with E-state index < -0.39 is 0 Å². The lowest BCUT2D eigenvalue weighted by Crippen LogP contribution is -2.22. The summed E-state index contributed by atoms with van der Waals surface area (Å²) in [6, 6.07) is 3.87. The molecule has 0 amide bonds. The second-order valence-corrected chi connectivity index (χ2v) is 6.86. The topological polar surface area (TPSA) is 68.5 Å². The summed E-state index contributed by atoms with van der Waals surface area (Å²) in [7, 11) is 1.89. The van der Waals surface area contributed by atoms with Crippen LogP contribution in [-0.4, -0.2) is 41.3 Å². The first kappa shape index (κ1) is 16.1. The number of carbonyl (C=O) groups is 1. The molecule has 0 aliphatic heterocycles. The maximum Gasteiger partial charge on any atom is 0.307 e. The van der Waals surface area contributed by atoms with Crippen molar-refractivity contribution in [1.29, 1.82) is 0 Å². The molecule has 2 aromatic rings. The minimum absolute atomic E-state index is 0.195. The Morgan fingerprint density at radius 2 is 2.29 bits per heavy atom. The monoisotopic (exact) mass is 373 g/mol. The van der Waals surface area contributed by atoms with Crippen LogP contribution in [0, 0.1) is 0 Å². The number of carbonyl (C=O) groups excluding carboxylic acids is 1. The second-order valence-electron chi connectivity index (χ2n) is 4.40. The minimum Gasteiger partial charge on any atom is -0.466 e. The smallest absolute Gasteiger partial charge is 0.307 e. The Balaban J connectivity index is 1.86. The Morgan fingerprint density at radius 1 is 1.48 bits per heavy atom. The summed E-state index contributed by atoms with van der Waals surface area (Å²) < 4.78 is 11.5. The van der Waals surface area contributed by atoms with Crippen molar-refractivity contribution in [3.63, 3.8) is 0 Å². The van der Waals surface area contributed by atoms with Crippen molar-refractivity contribution in [3.05, 3.63) is 21.8 Å². The molecule has 0 fully saturated rings.